The Labute approximate surface area is 273 Å². The van der Waals surface area contributed by atoms with Gasteiger partial charge in [0.25, 0.3) is 11.8 Å². The molecule has 4 heterocycles. The molecule has 3 N–H and O–H groups in total. The lowest BCUT2D eigenvalue weighted by molar-refractivity contribution is 0.0733. The van der Waals surface area contributed by atoms with Gasteiger partial charge in [-0.05, 0) is 94.3 Å². The summed E-state index contributed by atoms with van der Waals surface area (Å²) in [6.07, 6.45) is 3.60. The molecule has 46 heavy (non-hydrogen) atoms. The van der Waals surface area contributed by atoms with Crippen LogP contribution < -0.4 is 14.9 Å². The van der Waals surface area contributed by atoms with Crippen molar-refractivity contribution in [2.75, 3.05) is 29.7 Å². The molecule has 0 unspecified atom stereocenters. The maximum atomic E-state index is 14.1. The molecule has 0 aliphatic carbocycles. The molecule has 246 valence electrons. The summed E-state index contributed by atoms with van der Waals surface area (Å²) in [6, 6.07) is 9.38. The third kappa shape index (κ3) is 7.12. The van der Waals surface area contributed by atoms with Gasteiger partial charge < -0.3 is 20.6 Å². The molecule has 13 heteroatoms. The predicted molar refractivity (Wildman–Crippen MR) is 175 cm³/mol. The topological polar surface area (TPSA) is 132 Å². The summed E-state index contributed by atoms with van der Waals surface area (Å²) >= 11 is 1.51. The largest absolute Gasteiger partial charge is 0.389 e. The molecule has 3 aromatic rings. The number of benzene rings is 2. The van der Waals surface area contributed by atoms with E-state index >= 15 is 0 Å². The Morgan fingerprint density at radius 1 is 1.11 bits per heavy atom. The van der Waals surface area contributed by atoms with E-state index in [1.54, 1.807) is 23.1 Å². The first kappa shape index (κ1) is 32.5. The van der Waals surface area contributed by atoms with E-state index in [4.69, 9.17) is 0 Å². The number of anilines is 1. The number of halogens is 1. The molecule has 1 aromatic heterocycles. The number of aliphatic hydroxyl groups excluding tert-OH is 1. The summed E-state index contributed by atoms with van der Waals surface area (Å²) in [5.74, 6) is -1.28. The highest BCUT2D eigenvalue weighted by Gasteiger charge is 2.35. The minimum atomic E-state index is -3.64. The summed E-state index contributed by atoms with van der Waals surface area (Å²) in [5, 5.41) is 20.4. The van der Waals surface area contributed by atoms with Crippen molar-refractivity contribution in [2.45, 2.75) is 76.1 Å². The molecule has 10 nitrogen and oxygen atoms in total. The summed E-state index contributed by atoms with van der Waals surface area (Å²) in [6.45, 7) is 3.43. The number of hydrogen-bond acceptors (Lipinski definition) is 8. The van der Waals surface area contributed by atoms with Gasteiger partial charge in [-0.3, -0.25) is 13.9 Å². The van der Waals surface area contributed by atoms with Crippen LogP contribution >= 0.6 is 11.3 Å². The van der Waals surface area contributed by atoms with Crippen LogP contribution in [0.2, 0.25) is 0 Å². The van der Waals surface area contributed by atoms with Crippen LogP contribution in [0.1, 0.15) is 81.5 Å². The second-order valence-corrected chi connectivity index (χ2v) is 15.4. The first-order chi connectivity index (χ1) is 22.1. The van der Waals surface area contributed by atoms with E-state index in [-0.39, 0.29) is 53.5 Å². The number of carbonyl (C=O) groups excluding carboxylic acids is 2. The summed E-state index contributed by atoms with van der Waals surface area (Å²) in [5.41, 5.74) is 2.08. The van der Waals surface area contributed by atoms with Gasteiger partial charge in [0.05, 0.1) is 29.6 Å². The Morgan fingerprint density at radius 2 is 1.93 bits per heavy atom. The van der Waals surface area contributed by atoms with Crippen molar-refractivity contribution in [3.05, 3.63) is 81.1 Å². The van der Waals surface area contributed by atoms with Gasteiger partial charge in [-0.25, -0.2) is 17.8 Å². The number of nitrogens with one attached hydrogen (secondary N) is 2. The van der Waals surface area contributed by atoms with Gasteiger partial charge in [0, 0.05) is 41.3 Å². The molecule has 0 radical (unpaired) electrons. The van der Waals surface area contributed by atoms with E-state index in [0.29, 0.717) is 24.9 Å². The van der Waals surface area contributed by atoms with Gasteiger partial charge in [-0.15, -0.1) is 11.3 Å². The van der Waals surface area contributed by atoms with Gasteiger partial charge in [0.2, 0.25) is 10.0 Å². The van der Waals surface area contributed by atoms with E-state index < -0.39 is 33.9 Å². The van der Waals surface area contributed by atoms with E-state index in [9.17, 15) is 27.5 Å². The lowest BCUT2D eigenvalue weighted by atomic mass is 9.95. The average Bonchev–Trinajstić information content (AvgIpc) is 3.82. The quantitative estimate of drug-likeness (QED) is 0.315. The number of thiazole rings is 1. The number of aryl methyl sites for hydroxylation is 1. The van der Waals surface area contributed by atoms with Crippen LogP contribution in [0.5, 0.6) is 0 Å². The van der Waals surface area contributed by atoms with Gasteiger partial charge in [-0.1, -0.05) is 12.1 Å². The number of aromatic nitrogens is 1. The number of likely N-dealkylation sites (tertiary alicyclic amines) is 1. The van der Waals surface area contributed by atoms with Crippen molar-refractivity contribution < 1.29 is 27.5 Å². The zero-order chi connectivity index (χ0) is 32.4. The van der Waals surface area contributed by atoms with Crippen LogP contribution in [0.4, 0.5) is 10.1 Å². The van der Waals surface area contributed by atoms with Gasteiger partial charge in [0.15, 0.2) is 0 Å². The second kappa shape index (κ2) is 13.8. The smallest absolute Gasteiger partial charge is 0.254 e. The van der Waals surface area contributed by atoms with Crippen LogP contribution in [-0.2, 0) is 16.4 Å². The number of aliphatic hydroxyl groups is 1. The van der Waals surface area contributed by atoms with Crippen molar-refractivity contribution in [2.24, 2.45) is 0 Å². The van der Waals surface area contributed by atoms with Gasteiger partial charge >= 0.3 is 0 Å². The number of amides is 2. The molecule has 3 fully saturated rings. The lowest BCUT2D eigenvalue weighted by Gasteiger charge is -2.30. The predicted octanol–water partition coefficient (Wildman–Crippen LogP) is 3.95. The molecule has 0 spiro atoms. The second-order valence-electron chi connectivity index (χ2n) is 12.5. The van der Waals surface area contributed by atoms with Crippen molar-refractivity contribution in [3.8, 4) is 0 Å². The zero-order valence-electron chi connectivity index (χ0n) is 25.8. The molecule has 6 rings (SSSR count). The maximum absolute atomic E-state index is 14.1. The third-order valence-electron chi connectivity index (χ3n) is 9.08. The molecule has 2 amide bonds. The molecule has 2 aromatic carbocycles. The van der Waals surface area contributed by atoms with Crippen molar-refractivity contribution in [1.29, 1.82) is 0 Å². The summed E-state index contributed by atoms with van der Waals surface area (Å²) < 4.78 is 41.6. The SMILES string of the molecule is Cc1csc([C@H]2CCCN2C(=O)c2cc(C(=O)N[C@@H](Cc3cccc(F)c3)[C@H](O)[C@H]3CCCN3)cc(N3CCCCS3(=O)=O)c2)n1. The fourth-order valence-electron chi connectivity index (χ4n) is 6.76. The molecule has 0 saturated carbocycles. The van der Waals surface area contributed by atoms with Crippen LogP contribution in [0.15, 0.2) is 47.8 Å². The number of hydrogen-bond donors (Lipinski definition) is 3. The average molecular weight is 670 g/mol. The van der Waals surface area contributed by atoms with E-state index in [1.807, 2.05) is 12.3 Å². The van der Waals surface area contributed by atoms with E-state index in [2.05, 4.69) is 15.6 Å². The minimum Gasteiger partial charge on any atom is -0.389 e. The number of nitrogens with zero attached hydrogens (tertiary/aromatic N) is 3. The normalized spacial score (nSPS) is 22.5. The van der Waals surface area contributed by atoms with Crippen LogP contribution in [-0.4, -0.2) is 78.8 Å². The summed E-state index contributed by atoms with van der Waals surface area (Å²) in [4.78, 5) is 34.5. The van der Waals surface area contributed by atoms with Crippen LogP contribution in [0, 0.1) is 12.7 Å². The molecule has 0 bridgehead atoms. The highest BCUT2D eigenvalue weighted by atomic mass is 32.2. The fourth-order valence-corrected chi connectivity index (χ4v) is 9.32. The number of sulfonamides is 1. The molecule has 4 atom stereocenters. The van der Waals surface area contributed by atoms with Gasteiger partial charge in [-0.2, -0.15) is 0 Å². The Morgan fingerprint density at radius 3 is 2.65 bits per heavy atom. The van der Waals surface area contributed by atoms with E-state index in [1.165, 1.54) is 39.9 Å². The van der Waals surface area contributed by atoms with Crippen LogP contribution in [0.25, 0.3) is 0 Å². The molecular formula is C33H40FN5O5S2. The standard InChI is InChI=1S/C33H40FN5O5S2/c1-21-20-45-32(36-21)29-10-6-12-38(29)33(42)24-17-23(18-26(19-24)39-13-2-3-14-46(39,43)44)31(41)37-28(30(40)27-9-5-11-35-27)16-22-7-4-8-25(34)15-22/h4,7-8,15,17-20,27-30,35,40H,2-3,5-6,9-14,16H2,1H3,(H,37,41)/t27-,28+,29-,30-/m1/s1. The Balaban J connectivity index is 1.34. The number of rotatable bonds is 9. The summed E-state index contributed by atoms with van der Waals surface area (Å²) in [7, 11) is -3.64. The first-order valence-electron chi connectivity index (χ1n) is 15.9. The fraction of sp³-hybridized carbons (Fsp3) is 0.485. The van der Waals surface area contributed by atoms with Crippen LogP contribution in [0.3, 0.4) is 0 Å². The van der Waals surface area contributed by atoms with Crippen molar-refractivity contribution in [1.82, 2.24) is 20.5 Å². The number of carbonyl (C=O) groups is 2. The third-order valence-corrected chi connectivity index (χ3v) is 12.0. The van der Waals surface area contributed by atoms with Crippen molar-refractivity contribution in [3.63, 3.8) is 0 Å². The zero-order valence-corrected chi connectivity index (χ0v) is 27.5. The maximum Gasteiger partial charge on any atom is 0.254 e. The van der Waals surface area contributed by atoms with E-state index in [0.717, 1.165) is 42.9 Å². The molecule has 3 aliphatic rings. The Hall–Kier alpha value is -3.39. The molecule has 3 saturated heterocycles. The first-order valence-corrected chi connectivity index (χ1v) is 18.4. The molecular weight excluding hydrogens is 630 g/mol. The van der Waals surface area contributed by atoms with Crippen molar-refractivity contribution >= 4 is 38.9 Å². The highest BCUT2D eigenvalue weighted by Crippen LogP contribution is 2.36. The monoisotopic (exact) mass is 669 g/mol. The highest BCUT2D eigenvalue weighted by molar-refractivity contribution is 7.92. The molecule has 3 aliphatic heterocycles. The lowest BCUT2D eigenvalue weighted by Crippen LogP contribution is -2.52. The Bertz CT molecular complexity index is 1690. The van der Waals surface area contributed by atoms with Gasteiger partial charge in [0.1, 0.15) is 10.8 Å². The Kier molecular flexibility index (Phi) is 9.74. The minimum absolute atomic E-state index is 0.0133.